The number of phenols is 1. The number of esters is 1. The zero-order valence-electron chi connectivity index (χ0n) is 15.4. The summed E-state index contributed by atoms with van der Waals surface area (Å²) >= 11 is 0. The first-order valence-electron chi connectivity index (χ1n) is 8.32. The van der Waals surface area contributed by atoms with Crippen LogP contribution >= 0.6 is 0 Å². The standard InChI is InChI=1S/C20H25NO5/c1-20(2,3)21-12-17(23)14-7-10-18(16(22)11-14)26-19(24)13-5-8-15(25-4)9-6-13/h5-11,17,21-23H,12H2,1-4H3. The van der Waals surface area contributed by atoms with Gasteiger partial charge in [-0.3, -0.25) is 0 Å². The van der Waals surface area contributed by atoms with Gasteiger partial charge in [0.25, 0.3) is 0 Å². The fourth-order valence-corrected chi connectivity index (χ4v) is 2.23. The second kappa shape index (κ2) is 8.21. The van der Waals surface area contributed by atoms with Crippen molar-refractivity contribution in [2.75, 3.05) is 13.7 Å². The van der Waals surface area contributed by atoms with Crippen LogP contribution in [0.4, 0.5) is 0 Å². The summed E-state index contributed by atoms with van der Waals surface area (Å²) in [6, 6.07) is 10.9. The molecule has 0 aromatic heterocycles. The Hall–Kier alpha value is -2.57. The SMILES string of the molecule is COc1ccc(C(=O)Oc2ccc(C(O)CNC(C)(C)C)cc2O)cc1. The first-order chi connectivity index (χ1) is 12.2. The lowest BCUT2D eigenvalue weighted by Crippen LogP contribution is -2.38. The minimum absolute atomic E-state index is 0.0329. The van der Waals surface area contributed by atoms with Crippen LogP contribution in [-0.4, -0.2) is 35.4 Å². The third kappa shape index (κ3) is 5.47. The van der Waals surface area contributed by atoms with E-state index in [2.05, 4.69) is 5.32 Å². The predicted octanol–water partition coefficient (Wildman–Crippen LogP) is 3.04. The molecule has 1 unspecified atom stereocenters. The number of carbonyl (C=O) groups excluding carboxylic acids is 1. The Kier molecular flexibility index (Phi) is 6.23. The zero-order chi connectivity index (χ0) is 19.3. The molecule has 0 amide bonds. The molecule has 0 radical (unpaired) electrons. The number of carbonyl (C=O) groups is 1. The number of benzene rings is 2. The Morgan fingerprint density at radius 1 is 1.15 bits per heavy atom. The second-order valence-electron chi connectivity index (χ2n) is 6.99. The Bertz CT molecular complexity index is 750. The highest BCUT2D eigenvalue weighted by Crippen LogP contribution is 2.30. The van der Waals surface area contributed by atoms with E-state index in [-0.39, 0.29) is 17.0 Å². The minimum atomic E-state index is -0.786. The van der Waals surface area contributed by atoms with Crippen molar-refractivity contribution in [3.05, 3.63) is 53.6 Å². The molecule has 0 bridgehead atoms. The second-order valence-corrected chi connectivity index (χ2v) is 6.99. The van der Waals surface area contributed by atoms with E-state index < -0.39 is 12.1 Å². The number of ether oxygens (including phenoxy) is 2. The van der Waals surface area contributed by atoms with Crippen molar-refractivity contribution in [3.63, 3.8) is 0 Å². The van der Waals surface area contributed by atoms with Gasteiger partial charge in [0.15, 0.2) is 11.5 Å². The molecule has 1 atom stereocenters. The molecule has 6 nitrogen and oxygen atoms in total. The van der Waals surface area contributed by atoms with E-state index in [9.17, 15) is 15.0 Å². The number of phenolic OH excluding ortho intramolecular Hbond substituents is 1. The summed E-state index contributed by atoms with van der Waals surface area (Å²) in [7, 11) is 1.54. The minimum Gasteiger partial charge on any atom is -0.504 e. The predicted molar refractivity (Wildman–Crippen MR) is 98.8 cm³/mol. The van der Waals surface area contributed by atoms with Crippen molar-refractivity contribution in [2.45, 2.75) is 32.4 Å². The van der Waals surface area contributed by atoms with Gasteiger partial charge in [-0.1, -0.05) is 6.07 Å². The molecule has 2 aromatic rings. The fraction of sp³-hybridized carbons (Fsp3) is 0.350. The van der Waals surface area contributed by atoms with E-state index in [1.165, 1.54) is 12.1 Å². The van der Waals surface area contributed by atoms with Crippen LogP contribution in [0.3, 0.4) is 0 Å². The molecule has 0 spiro atoms. The molecule has 0 aliphatic carbocycles. The van der Waals surface area contributed by atoms with Crippen LogP contribution in [0.2, 0.25) is 0 Å². The van der Waals surface area contributed by atoms with Crippen LogP contribution in [0.1, 0.15) is 42.8 Å². The van der Waals surface area contributed by atoms with Crippen molar-refractivity contribution < 1.29 is 24.5 Å². The lowest BCUT2D eigenvalue weighted by atomic mass is 10.1. The Balaban J connectivity index is 2.05. The van der Waals surface area contributed by atoms with Gasteiger partial charge in [-0.2, -0.15) is 0 Å². The van der Waals surface area contributed by atoms with Gasteiger partial charge < -0.3 is 25.0 Å². The van der Waals surface area contributed by atoms with E-state index in [0.717, 1.165) is 0 Å². The fourth-order valence-electron chi connectivity index (χ4n) is 2.23. The molecular formula is C20H25NO5. The molecule has 0 saturated carbocycles. The quantitative estimate of drug-likeness (QED) is 0.543. The van der Waals surface area contributed by atoms with E-state index in [4.69, 9.17) is 9.47 Å². The smallest absolute Gasteiger partial charge is 0.343 e. The van der Waals surface area contributed by atoms with E-state index in [1.807, 2.05) is 20.8 Å². The molecule has 26 heavy (non-hydrogen) atoms. The van der Waals surface area contributed by atoms with Crippen molar-refractivity contribution in [2.24, 2.45) is 0 Å². The van der Waals surface area contributed by atoms with Crippen LogP contribution in [0.5, 0.6) is 17.2 Å². The molecule has 0 saturated heterocycles. The number of hydrogen-bond acceptors (Lipinski definition) is 6. The molecule has 0 aliphatic rings. The summed E-state index contributed by atoms with van der Waals surface area (Å²) in [5.41, 5.74) is 0.740. The highest BCUT2D eigenvalue weighted by Gasteiger charge is 2.17. The lowest BCUT2D eigenvalue weighted by molar-refractivity contribution is 0.0729. The first-order valence-corrected chi connectivity index (χ1v) is 8.32. The number of hydrogen-bond donors (Lipinski definition) is 3. The Morgan fingerprint density at radius 2 is 1.81 bits per heavy atom. The third-order valence-corrected chi connectivity index (χ3v) is 3.72. The van der Waals surface area contributed by atoms with Crippen LogP contribution < -0.4 is 14.8 Å². The zero-order valence-corrected chi connectivity index (χ0v) is 15.4. The van der Waals surface area contributed by atoms with E-state index >= 15 is 0 Å². The molecule has 0 heterocycles. The maximum absolute atomic E-state index is 12.2. The number of aliphatic hydroxyl groups excluding tert-OH is 1. The van der Waals surface area contributed by atoms with Gasteiger partial charge >= 0.3 is 5.97 Å². The molecule has 2 rings (SSSR count). The van der Waals surface area contributed by atoms with E-state index in [1.54, 1.807) is 37.4 Å². The average molecular weight is 359 g/mol. The molecule has 2 aromatic carbocycles. The molecular weight excluding hydrogens is 334 g/mol. The number of nitrogens with one attached hydrogen (secondary N) is 1. The summed E-state index contributed by atoms with van der Waals surface area (Å²) in [6.07, 6.45) is -0.786. The van der Waals surface area contributed by atoms with Gasteiger partial charge in [0.2, 0.25) is 0 Å². The van der Waals surface area contributed by atoms with Gasteiger partial charge in [0, 0.05) is 12.1 Å². The number of rotatable bonds is 6. The number of methoxy groups -OCH3 is 1. The summed E-state index contributed by atoms with van der Waals surface area (Å²) < 4.78 is 10.3. The Labute approximate surface area is 153 Å². The van der Waals surface area contributed by atoms with Crippen molar-refractivity contribution in [1.82, 2.24) is 5.32 Å². The molecule has 0 fully saturated rings. The molecule has 0 aliphatic heterocycles. The number of aromatic hydroxyl groups is 1. The highest BCUT2D eigenvalue weighted by atomic mass is 16.5. The number of β-amino-alcohol motifs (C(OH)–C–C–N with tert-alkyl or cyclic N) is 1. The maximum Gasteiger partial charge on any atom is 0.343 e. The van der Waals surface area contributed by atoms with Gasteiger partial charge in [0.1, 0.15) is 5.75 Å². The van der Waals surface area contributed by atoms with Crippen LogP contribution in [0, 0.1) is 0 Å². The Morgan fingerprint density at radius 3 is 2.35 bits per heavy atom. The summed E-state index contributed by atoms with van der Waals surface area (Å²) in [5.74, 6) is -0.137. The summed E-state index contributed by atoms with van der Waals surface area (Å²) in [4.78, 5) is 12.2. The molecule has 6 heteroatoms. The van der Waals surface area contributed by atoms with Crippen molar-refractivity contribution in [1.29, 1.82) is 0 Å². The average Bonchev–Trinajstić information content (AvgIpc) is 2.60. The van der Waals surface area contributed by atoms with Crippen LogP contribution in [0.15, 0.2) is 42.5 Å². The van der Waals surface area contributed by atoms with Gasteiger partial charge in [0.05, 0.1) is 18.8 Å². The van der Waals surface area contributed by atoms with Crippen molar-refractivity contribution in [3.8, 4) is 17.2 Å². The molecule has 140 valence electrons. The normalized spacial score (nSPS) is 12.5. The van der Waals surface area contributed by atoms with Crippen LogP contribution in [-0.2, 0) is 0 Å². The first kappa shape index (κ1) is 19.8. The third-order valence-electron chi connectivity index (χ3n) is 3.72. The topological polar surface area (TPSA) is 88.0 Å². The van der Waals surface area contributed by atoms with Gasteiger partial charge in [-0.25, -0.2) is 4.79 Å². The van der Waals surface area contributed by atoms with Gasteiger partial charge in [-0.05, 0) is 62.7 Å². The van der Waals surface area contributed by atoms with Gasteiger partial charge in [-0.15, -0.1) is 0 Å². The highest BCUT2D eigenvalue weighted by molar-refractivity contribution is 5.91. The largest absolute Gasteiger partial charge is 0.504 e. The summed E-state index contributed by atoms with van der Waals surface area (Å²) in [6.45, 7) is 6.34. The van der Waals surface area contributed by atoms with E-state index in [0.29, 0.717) is 23.4 Å². The number of aliphatic hydroxyl groups is 1. The maximum atomic E-state index is 12.2. The van der Waals surface area contributed by atoms with Crippen molar-refractivity contribution >= 4 is 5.97 Å². The lowest BCUT2D eigenvalue weighted by Gasteiger charge is -2.23. The summed E-state index contributed by atoms with van der Waals surface area (Å²) in [5, 5.41) is 23.5. The monoisotopic (exact) mass is 359 g/mol. The molecule has 3 N–H and O–H groups in total. The van der Waals surface area contributed by atoms with Crippen LogP contribution in [0.25, 0.3) is 0 Å².